The molecule has 1 fully saturated rings. The molecule has 1 amide bonds. The van der Waals surface area contributed by atoms with Crippen LogP contribution in [0.15, 0.2) is 40.4 Å². The fraction of sp³-hybridized carbons (Fsp3) is 0.294. The highest BCUT2D eigenvalue weighted by Gasteiger charge is 2.16. The topological polar surface area (TPSA) is 93.4 Å². The highest BCUT2D eigenvalue weighted by atomic mass is 32.1. The lowest BCUT2D eigenvalue weighted by Crippen LogP contribution is -2.37. The van der Waals surface area contributed by atoms with E-state index < -0.39 is 0 Å². The maximum atomic E-state index is 12.3. The first-order chi connectivity index (χ1) is 12.8. The lowest BCUT2D eigenvalue weighted by Gasteiger charge is -2.27. The van der Waals surface area contributed by atoms with Gasteiger partial charge in [-0.1, -0.05) is 11.2 Å². The normalized spacial score (nSPS) is 14.4. The molecule has 8 nitrogen and oxygen atoms in total. The van der Waals surface area contributed by atoms with Gasteiger partial charge in [-0.05, 0) is 17.5 Å². The molecule has 3 aromatic heterocycles. The molecule has 1 N–H and O–H groups in total. The molecule has 9 heteroatoms. The number of morpholine rings is 1. The molecular formula is C17H17N5O3S. The molecule has 0 radical (unpaired) electrons. The lowest BCUT2D eigenvalue weighted by molar-refractivity contribution is 0.0941. The maximum Gasteiger partial charge on any atom is 0.273 e. The van der Waals surface area contributed by atoms with Crippen LogP contribution in [0.4, 0.5) is 5.82 Å². The predicted molar refractivity (Wildman–Crippen MR) is 96.1 cm³/mol. The van der Waals surface area contributed by atoms with Crippen molar-refractivity contribution in [2.45, 2.75) is 6.54 Å². The molecule has 1 saturated heterocycles. The zero-order valence-corrected chi connectivity index (χ0v) is 14.7. The van der Waals surface area contributed by atoms with Crippen LogP contribution in [0.3, 0.4) is 0 Å². The van der Waals surface area contributed by atoms with Gasteiger partial charge in [-0.25, -0.2) is 9.97 Å². The van der Waals surface area contributed by atoms with Crippen molar-refractivity contribution >= 4 is 23.1 Å². The molecule has 0 aromatic carbocycles. The molecule has 0 unspecified atom stereocenters. The molecule has 0 spiro atoms. The van der Waals surface area contributed by atoms with Crippen molar-refractivity contribution in [2.24, 2.45) is 0 Å². The van der Waals surface area contributed by atoms with Crippen LogP contribution in [0.5, 0.6) is 0 Å². The summed E-state index contributed by atoms with van der Waals surface area (Å²) in [5, 5.41) is 8.55. The number of rotatable bonds is 5. The van der Waals surface area contributed by atoms with E-state index in [1.807, 2.05) is 23.6 Å². The zero-order chi connectivity index (χ0) is 17.8. The minimum Gasteiger partial charge on any atom is -0.378 e. The maximum absolute atomic E-state index is 12.3. The summed E-state index contributed by atoms with van der Waals surface area (Å²) in [5.41, 5.74) is 0.234. The van der Waals surface area contributed by atoms with Gasteiger partial charge in [0.1, 0.15) is 11.6 Å². The fourth-order valence-corrected chi connectivity index (χ4v) is 3.28. The van der Waals surface area contributed by atoms with E-state index in [9.17, 15) is 4.79 Å². The molecule has 0 bridgehead atoms. The number of amides is 1. The Morgan fingerprint density at radius 3 is 3.00 bits per heavy atom. The first-order valence-electron chi connectivity index (χ1n) is 8.23. The van der Waals surface area contributed by atoms with Gasteiger partial charge in [-0.3, -0.25) is 4.79 Å². The van der Waals surface area contributed by atoms with E-state index >= 15 is 0 Å². The zero-order valence-electron chi connectivity index (χ0n) is 13.9. The third-order valence-electron chi connectivity index (χ3n) is 3.94. The Morgan fingerprint density at radius 1 is 1.31 bits per heavy atom. The predicted octanol–water partition coefficient (Wildman–Crippen LogP) is 1.96. The number of carbonyl (C=O) groups excluding carboxylic acids is 1. The van der Waals surface area contributed by atoms with E-state index in [1.54, 1.807) is 12.3 Å². The Labute approximate surface area is 153 Å². The summed E-state index contributed by atoms with van der Waals surface area (Å²) < 4.78 is 10.6. The van der Waals surface area contributed by atoms with Crippen molar-refractivity contribution in [2.75, 3.05) is 31.2 Å². The Bertz CT molecular complexity index is 874. The number of thiophene rings is 1. The smallest absolute Gasteiger partial charge is 0.273 e. The van der Waals surface area contributed by atoms with Crippen molar-refractivity contribution in [3.05, 3.63) is 47.4 Å². The van der Waals surface area contributed by atoms with Crippen LogP contribution >= 0.6 is 11.3 Å². The summed E-state index contributed by atoms with van der Waals surface area (Å²) in [5.74, 6) is 1.64. The molecule has 134 valence electrons. The molecule has 1 aliphatic rings. The van der Waals surface area contributed by atoms with E-state index in [4.69, 9.17) is 9.26 Å². The molecule has 3 aromatic rings. The summed E-state index contributed by atoms with van der Waals surface area (Å²) in [7, 11) is 0. The second-order valence-corrected chi connectivity index (χ2v) is 6.61. The number of carbonyl (C=O) groups is 1. The lowest BCUT2D eigenvalue weighted by atomic mass is 10.3. The van der Waals surface area contributed by atoms with Gasteiger partial charge in [0, 0.05) is 25.4 Å². The third-order valence-corrected chi connectivity index (χ3v) is 4.82. The van der Waals surface area contributed by atoms with Crippen LogP contribution < -0.4 is 10.2 Å². The van der Waals surface area contributed by atoms with E-state index in [-0.39, 0.29) is 18.1 Å². The summed E-state index contributed by atoms with van der Waals surface area (Å²) in [6.07, 6.45) is 1.70. The molecule has 4 heterocycles. The first-order valence-corrected chi connectivity index (χ1v) is 9.11. The van der Waals surface area contributed by atoms with E-state index in [0.717, 1.165) is 23.8 Å². The van der Waals surface area contributed by atoms with Crippen LogP contribution in [0, 0.1) is 0 Å². The summed E-state index contributed by atoms with van der Waals surface area (Å²) >= 11 is 1.53. The van der Waals surface area contributed by atoms with Crippen LogP contribution in [0.1, 0.15) is 16.3 Å². The number of hydrogen-bond donors (Lipinski definition) is 1. The number of anilines is 1. The highest BCUT2D eigenvalue weighted by molar-refractivity contribution is 7.13. The SMILES string of the molecule is O=C(NCc1nccc(N2CCOCC2)n1)c1cc(-c2cccs2)on1. The minimum atomic E-state index is -0.322. The Morgan fingerprint density at radius 2 is 2.19 bits per heavy atom. The molecule has 0 saturated carbocycles. The number of hydrogen-bond acceptors (Lipinski definition) is 8. The molecular weight excluding hydrogens is 354 g/mol. The van der Waals surface area contributed by atoms with Gasteiger partial charge in [-0.2, -0.15) is 0 Å². The van der Waals surface area contributed by atoms with Gasteiger partial charge in [0.05, 0.1) is 24.6 Å². The number of ether oxygens (including phenoxy) is 1. The molecule has 0 aliphatic carbocycles. The quantitative estimate of drug-likeness (QED) is 0.733. The van der Waals surface area contributed by atoms with Gasteiger partial charge in [-0.15, -0.1) is 11.3 Å². The monoisotopic (exact) mass is 371 g/mol. The number of nitrogens with zero attached hydrogens (tertiary/aromatic N) is 4. The molecule has 4 rings (SSSR count). The van der Waals surface area contributed by atoms with Gasteiger partial charge in [0.2, 0.25) is 0 Å². The standard InChI is InChI=1S/C17H17N5O3S/c23-17(12-10-13(25-21-12)14-2-1-9-26-14)19-11-15-18-4-3-16(20-15)22-5-7-24-8-6-22/h1-4,9-10H,5-8,11H2,(H,19,23). The van der Waals surface area contributed by atoms with Crippen molar-refractivity contribution < 1.29 is 14.1 Å². The minimum absolute atomic E-state index is 0.220. The fourth-order valence-electron chi connectivity index (χ4n) is 2.61. The van der Waals surface area contributed by atoms with Gasteiger partial charge >= 0.3 is 0 Å². The van der Waals surface area contributed by atoms with Gasteiger partial charge in [0.25, 0.3) is 5.91 Å². The van der Waals surface area contributed by atoms with Crippen LogP contribution in [0.2, 0.25) is 0 Å². The highest BCUT2D eigenvalue weighted by Crippen LogP contribution is 2.25. The Hall–Kier alpha value is -2.78. The largest absolute Gasteiger partial charge is 0.378 e. The van der Waals surface area contributed by atoms with Crippen molar-refractivity contribution in [3.63, 3.8) is 0 Å². The van der Waals surface area contributed by atoms with Gasteiger partial charge in [0.15, 0.2) is 11.5 Å². The Kier molecular flexibility index (Phi) is 4.89. The number of aromatic nitrogens is 3. The van der Waals surface area contributed by atoms with Crippen molar-refractivity contribution in [1.29, 1.82) is 0 Å². The summed E-state index contributed by atoms with van der Waals surface area (Å²) in [6, 6.07) is 7.33. The van der Waals surface area contributed by atoms with E-state index in [1.165, 1.54) is 11.3 Å². The van der Waals surface area contributed by atoms with Crippen molar-refractivity contribution in [1.82, 2.24) is 20.4 Å². The van der Waals surface area contributed by atoms with E-state index in [0.29, 0.717) is 24.8 Å². The average molecular weight is 371 g/mol. The average Bonchev–Trinajstić information content (AvgIpc) is 3.38. The van der Waals surface area contributed by atoms with Gasteiger partial charge < -0.3 is 19.5 Å². The molecule has 0 atom stereocenters. The second-order valence-electron chi connectivity index (χ2n) is 5.67. The first kappa shape index (κ1) is 16.7. The van der Waals surface area contributed by atoms with Crippen LogP contribution in [-0.2, 0) is 11.3 Å². The third kappa shape index (κ3) is 3.73. The molecule has 26 heavy (non-hydrogen) atoms. The summed E-state index contributed by atoms with van der Waals surface area (Å²) in [6.45, 7) is 3.20. The summed E-state index contributed by atoms with van der Waals surface area (Å²) in [4.78, 5) is 24.1. The Balaban J connectivity index is 1.38. The van der Waals surface area contributed by atoms with Crippen LogP contribution in [-0.4, -0.2) is 47.3 Å². The van der Waals surface area contributed by atoms with Crippen LogP contribution in [0.25, 0.3) is 10.6 Å². The van der Waals surface area contributed by atoms with Crippen molar-refractivity contribution in [3.8, 4) is 10.6 Å². The second kappa shape index (κ2) is 7.63. The van der Waals surface area contributed by atoms with E-state index in [2.05, 4.69) is 25.3 Å². The number of nitrogens with one attached hydrogen (secondary N) is 1. The molecule has 1 aliphatic heterocycles.